The first-order valence-electron chi connectivity index (χ1n) is 32.9. The van der Waals surface area contributed by atoms with Gasteiger partial charge in [0.05, 0.1) is 26.4 Å². The van der Waals surface area contributed by atoms with E-state index in [1.165, 1.54) is 109 Å². The number of phosphoric acid groups is 2. The van der Waals surface area contributed by atoms with Crippen molar-refractivity contribution in [3.05, 3.63) is 0 Å². The Balaban J connectivity index is 5.18. The number of ether oxygens (including phenoxy) is 4. The molecule has 0 rings (SSSR count). The number of hydrogen-bond acceptors (Lipinski definition) is 15. The van der Waals surface area contributed by atoms with Crippen LogP contribution in [-0.2, 0) is 65.4 Å². The van der Waals surface area contributed by atoms with Gasteiger partial charge in [-0.1, -0.05) is 254 Å². The number of aliphatic hydroxyl groups excluding tert-OH is 1. The highest BCUT2D eigenvalue weighted by Gasteiger charge is 2.30. The van der Waals surface area contributed by atoms with Gasteiger partial charge in [-0.15, -0.1) is 0 Å². The number of aliphatic hydroxyl groups is 1. The average Bonchev–Trinajstić information content (AvgIpc) is 3.44. The Morgan fingerprint density at radius 3 is 0.927 bits per heavy atom. The van der Waals surface area contributed by atoms with Crippen LogP contribution in [0.15, 0.2) is 0 Å². The minimum atomic E-state index is -4.94. The molecule has 3 N–H and O–H groups in total. The molecule has 0 aliphatic rings. The van der Waals surface area contributed by atoms with Crippen molar-refractivity contribution in [3.63, 3.8) is 0 Å². The fourth-order valence-corrected chi connectivity index (χ4v) is 10.9. The predicted octanol–water partition coefficient (Wildman–Crippen LogP) is 17.1. The zero-order chi connectivity index (χ0) is 61.0. The highest BCUT2D eigenvalue weighted by Crippen LogP contribution is 2.45. The Labute approximate surface area is 498 Å². The van der Waals surface area contributed by atoms with E-state index in [9.17, 15) is 43.2 Å². The van der Waals surface area contributed by atoms with Crippen LogP contribution in [-0.4, -0.2) is 96.7 Å². The summed E-state index contributed by atoms with van der Waals surface area (Å²) in [7, 11) is -9.88. The van der Waals surface area contributed by atoms with Crippen LogP contribution in [0.4, 0.5) is 0 Å². The first-order valence-corrected chi connectivity index (χ1v) is 35.9. The molecule has 17 nitrogen and oxygen atoms in total. The number of rotatable bonds is 61. The molecule has 0 spiro atoms. The van der Waals surface area contributed by atoms with Gasteiger partial charge in [-0.2, -0.15) is 0 Å². The number of unbranched alkanes of at least 4 members (excludes halogenated alkanes) is 28. The zero-order valence-electron chi connectivity index (χ0n) is 52.9. The topological polar surface area (TPSA) is 237 Å². The maximum atomic E-state index is 13.0. The Hall–Kier alpha value is -1.94. The van der Waals surface area contributed by atoms with E-state index in [1.807, 2.05) is 0 Å². The van der Waals surface area contributed by atoms with Crippen molar-refractivity contribution in [2.45, 2.75) is 324 Å². The average molecular weight is 1210 g/mol. The largest absolute Gasteiger partial charge is 0.472 e. The molecule has 0 heterocycles. The molecule has 82 heavy (non-hydrogen) atoms. The van der Waals surface area contributed by atoms with Gasteiger partial charge in [-0.05, 0) is 43.4 Å². The third-order valence-electron chi connectivity index (χ3n) is 14.7. The Morgan fingerprint density at radius 2 is 0.622 bits per heavy atom. The van der Waals surface area contributed by atoms with Crippen LogP contribution in [0.3, 0.4) is 0 Å². The van der Waals surface area contributed by atoms with E-state index < -0.39 is 97.5 Å². The van der Waals surface area contributed by atoms with Gasteiger partial charge in [0, 0.05) is 25.7 Å². The number of carbonyl (C=O) groups excluding carboxylic acids is 4. The maximum absolute atomic E-state index is 13.0. The van der Waals surface area contributed by atoms with Crippen molar-refractivity contribution in [2.75, 3.05) is 39.6 Å². The van der Waals surface area contributed by atoms with E-state index in [1.54, 1.807) is 0 Å². The van der Waals surface area contributed by atoms with Crippen LogP contribution in [0.5, 0.6) is 0 Å². The molecule has 0 aliphatic heterocycles. The summed E-state index contributed by atoms with van der Waals surface area (Å²) in [5, 5.41) is 10.5. The highest BCUT2D eigenvalue weighted by molar-refractivity contribution is 7.47. The first kappa shape index (κ1) is 80.1. The third kappa shape index (κ3) is 55.9. The van der Waals surface area contributed by atoms with Crippen LogP contribution >= 0.6 is 15.6 Å². The smallest absolute Gasteiger partial charge is 0.462 e. The van der Waals surface area contributed by atoms with Gasteiger partial charge in [-0.25, -0.2) is 9.13 Å². The van der Waals surface area contributed by atoms with Gasteiger partial charge in [0.15, 0.2) is 12.2 Å². The van der Waals surface area contributed by atoms with Gasteiger partial charge >= 0.3 is 39.5 Å². The lowest BCUT2D eigenvalue weighted by Gasteiger charge is -2.21. The molecule has 0 aliphatic carbocycles. The van der Waals surface area contributed by atoms with Crippen LogP contribution in [0.1, 0.15) is 305 Å². The Kier molecular flexibility index (Phi) is 53.2. The van der Waals surface area contributed by atoms with Gasteiger partial charge < -0.3 is 33.8 Å². The van der Waals surface area contributed by atoms with Gasteiger partial charge in [-0.3, -0.25) is 37.3 Å². The third-order valence-corrected chi connectivity index (χ3v) is 16.6. The maximum Gasteiger partial charge on any atom is 0.472 e. The molecule has 0 amide bonds. The Morgan fingerprint density at radius 1 is 0.354 bits per heavy atom. The van der Waals surface area contributed by atoms with Crippen molar-refractivity contribution in [2.24, 2.45) is 17.8 Å². The van der Waals surface area contributed by atoms with E-state index in [2.05, 4.69) is 48.5 Å². The van der Waals surface area contributed by atoms with Gasteiger partial charge in [0.25, 0.3) is 0 Å². The minimum absolute atomic E-state index is 0.101. The summed E-state index contributed by atoms with van der Waals surface area (Å²) < 4.78 is 67.7. The number of esters is 4. The zero-order valence-corrected chi connectivity index (χ0v) is 54.7. The number of carbonyl (C=O) groups is 4. The summed E-state index contributed by atoms with van der Waals surface area (Å²) in [6, 6.07) is 0. The lowest BCUT2D eigenvalue weighted by molar-refractivity contribution is -0.161. The van der Waals surface area contributed by atoms with E-state index in [4.69, 9.17) is 37.0 Å². The van der Waals surface area contributed by atoms with E-state index >= 15 is 0 Å². The normalized spacial score (nSPS) is 14.7. The molecule has 0 fully saturated rings. The predicted molar refractivity (Wildman–Crippen MR) is 326 cm³/mol. The van der Waals surface area contributed by atoms with Crippen molar-refractivity contribution in [3.8, 4) is 0 Å². The van der Waals surface area contributed by atoms with E-state index in [0.29, 0.717) is 31.6 Å². The molecule has 19 heteroatoms. The van der Waals surface area contributed by atoms with Crippen molar-refractivity contribution < 1.29 is 80.2 Å². The van der Waals surface area contributed by atoms with Crippen LogP contribution in [0.25, 0.3) is 0 Å². The molecule has 0 aromatic carbocycles. The van der Waals surface area contributed by atoms with Crippen molar-refractivity contribution in [1.29, 1.82) is 0 Å². The fourth-order valence-electron chi connectivity index (χ4n) is 9.27. The van der Waals surface area contributed by atoms with Gasteiger partial charge in [0.2, 0.25) is 0 Å². The molecule has 0 saturated carbocycles. The minimum Gasteiger partial charge on any atom is -0.462 e. The monoisotopic (exact) mass is 1210 g/mol. The molecular weight excluding hydrogens is 1090 g/mol. The molecule has 0 radical (unpaired) electrons. The highest BCUT2D eigenvalue weighted by atomic mass is 31.2. The molecule has 486 valence electrons. The summed E-state index contributed by atoms with van der Waals surface area (Å²) in [6.07, 6.45) is 35.3. The summed E-state index contributed by atoms with van der Waals surface area (Å²) in [4.78, 5) is 71.9. The second-order valence-electron chi connectivity index (χ2n) is 24.0. The van der Waals surface area contributed by atoms with Crippen LogP contribution < -0.4 is 0 Å². The van der Waals surface area contributed by atoms with Crippen molar-refractivity contribution in [1.82, 2.24) is 0 Å². The molecule has 0 aromatic heterocycles. The molecular formula is C63H122O17P2. The Bertz CT molecular complexity index is 1630. The number of phosphoric ester groups is 2. The van der Waals surface area contributed by atoms with Gasteiger partial charge in [0.1, 0.15) is 19.3 Å². The lowest BCUT2D eigenvalue weighted by atomic mass is 9.99. The molecule has 6 atom stereocenters. The second kappa shape index (κ2) is 54.5. The molecule has 0 saturated heterocycles. The van der Waals surface area contributed by atoms with E-state index in [0.717, 1.165) is 108 Å². The fraction of sp³-hybridized carbons (Fsp3) is 0.937. The summed E-state index contributed by atoms with van der Waals surface area (Å²) in [6.45, 7) is 11.6. The second-order valence-corrected chi connectivity index (χ2v) is 26.9. The summed E-state index contributed by atoms with van der Waals surface area (Å²) in [5.41, 5.74) is 0. The van der Waals surface area contributed by atoms with Crippen LogP contribution in [0, 0.1) is 17.8 Å². The molecule has 0 aromatic rings. The summed E-state index contributed by atoms with van der Waals surface area (Å²) >= 11 is 0. The molecule has 0 bridgehead atoms. The number of hydrogen-bond donors (Lipinski definition) is 3. The standard InChI is InChI=1S/C63H122O17P2/c1-8-10-11-27-37-44-60(65)73-50-58(80-63(68)47-40-33-26-25-29-35-42-55(5)6)52-77-81(69,70)75-48-57(64)49-76-82(71,72)78-53-59(51-74-61(66)45-38-31-23-20-19-22-30-36-43-56(7)9-2)79-62(67)46-39-32-24-18-16-14-12-13-15-17-21-28-34-41-54(3)4/h54-59,64H,8-53H2,1-7H3,(H,69,70)(H,71,72)/t56?,57-,58+,59+/m0/s1. The van der Waals surface area contributed by atoms with Crippen molar-refractivity contribution >= 4 is 39.5 Å². The lowest BCUT2D eigenvalue weighted by Crippen LogP contribution is -2.30. The summed E-state index contributed by atoms with van der Waals surface area (Å²) in [5.74, 6) is 0.0823. The van der Waals surface area contributed by atoms with E-state index in [-0.39, 0.29) is 25.7 Å². The first-order chi connectivity index (χ1) is 39.3. The SMILES string of the molecule is CCCCCCCC(=O)OC[C@H](COP(=O)(O)OC[C@H](O)COP(=O)(O)OC[C@@H](COC(=O)CCCCCCCCCCC(C)CC)OC(=O)CCCCCCCCCCCCCCCC(C)C)OC(=O)CCCCCCCCC(C)C. The van der Waals surface area contributed by atoms with Crippen LogP contribution in [0.2, 0.25) is 0 Å². The molecule has 3 unspecified atom stereocenters. The quantitative estimate of drug-likeness (QED) is 0.0222.